The van der Waals surface area contributed by atoms with Gasteiger partial charge in [0.25, 0.3) is 5.91 Å². The number of H-pyrrole nitrogens is 1. The number of fused-ring (bicyclic) bond motifs is 1. The van der Waals surface area contributed by atoms with E-state index in [1.165, 1.54) is 11.1 Å². The number of carboxylic acids is 1. The Kier molecular flexibility index (Phi) is 11.1. The van der Waals surface area contributed by atoms with Gasteiger partial charge in [-0.1, -0.05) is 31.5 Å². The minimum absolute atomic E-state index is 0.0353. The quantitative estimate of drug-likeness (QED) is 0.216. The van der Waals surface area contributed by atoms with Gasteiger partial charge in [0.1, 0.15) is 29.5 Å². The third-order valence-corrected chi connectivity index (χ3v) is 6.84. The number of carbonyl (C=O) groups excluding carboxylic acids is 4. The molecule has 0 bridgehead atoms. The van der Waals surface area contributed by atoms with Crippen LogP contribution in [0.15, 0.2) is 18.3 Å². The molecule has 4 amide bonds. The first-order valence-corrected chi connectivity index (χ1v) is 14.1. The molecule has 1 aliphatic heterocycles. The number of hydrogen-bond donors (Lipinski definition) is 5. The van der Waals surface area contributed by atoms with Gasteiger partial charge in [-0.15, -0.1) is 10.2 Å². The number of aromatic amines is 1. The van der Waals surface area contributed by atoms with Crippen LogP contribution in [0.1, 0.15) is 71.7 Å². The van der Waals surface area contributed by atoms with E-state index in [2.05, 4.69) is 41.6 Å². The summed E-state index contributed by atoms with van der Waals surface area (Å²) >= 11 is 0. The van der Waals surface area contributed by atoms with Crippen molar-refractivity contribution in [3.63, 3.8) is 0 Å². The summed E-state index contributed by atoms with van der Waals surface area (Å²) in [5, 5.41) is 30.6. The van der Waals surface area contributed by atoms with Gasteiger partial charge in [0, 0.05) is 19.0 Å². The van der Waals surface area contributed by atoms with Gasteiger partial charge in [-0.05, 0) is 51.2 Å². The van der Waals surface area contributed by atoms with E-state index < -0.39 is 53.5 Å². The monoisotopic (exact) mass is 601 g/mol. The van der Waals surface area contributed by atoms with Crippen molar-refractivity contribution < 1.29 is 33.8 Å². The molecule has 5 N–H and O–H groups in total. The van der Waals surface area contributed by atoms with Gasteiger partial charge < -0.3 is 25.8 Å². The van der Waals surface area contributed by atoms with Crippen molar-refractivity contribution >= 4 is 35.6 Å². The maximum absolute atomic E-state index is 14.1. The number of amides is 4. The van der Waals surface area contributed by atoms with Crippen LogP contribution < -0.4 is 20.9 Å². The van der Waals surface area contributed by atoms with Crippen LogP contribution >= 0.6 is 0 Å². The van der Waals surface area contributed by atoms with Crippen LogP contribution in [0.3, 0.4) is 0 Å². The normalized spacial score (nSPS) is 16.4. The molecule has 1 aliphatic rings. The van der Waals surface area contributed by atoms with Gasteiger partial charge in [0.05, 0.1) is 6.54 Å². The predicted molar refractivity (Wildman–Crippen MR) is 151 cm³/mol. The fourth-order valence-electron chi connectivity index (χ4n) is 4.54. The first-order chi connectivity index (χ1) is 20.3. The SMILES string of the molecule is CC[C@H](C)[C@H](NC(=O)OC(C)(C)C)C(=O)N[C@@H](CCCC(=O)O)C(=O)N1c2ncccc2C[C@H]1C(=O)NCc1nn[nH]n1. The van der Waals surface area contributed by atoms with E-state index in [0.29, 0.717) is 12.0 Å². The summed E-state index contributed by atoms with van der Waals surface area (Å²) in [6.45, 7) is 8.66. The molecule has 0 saturated carbocycles. The van der Waals surface area contributed by atoms with Crippen molar-refractivity contribution in [3.8, 4) is 0 Å². The van der Waals surface area contributed by atoms with Gasteiger partial charge in [-0.3, -0.25) is 24.1 Å². The summed E-state index contributed by atoms with van der Waals surface area (Å²) < 4.78 is 5.33. The highest BCUT2D eigenvalue weighted by Gasteiger charge is 2.42. The van der Waals surface area contributed by atoms with Gasteiger partial charge in [-0.25, -0.2) is 9.78 Å². The molecule has 3 heterocycles. The average molecular weight is 602 g/mol. The van der Waals surface area contributed by atoms with E-state index >= 15 is 0 Å². The number of hydrogen-bond acceptors (Lipinski definition) is 10. The maximum atomic E-state index is 14.1. The minimum Gasteiger partial charge on any atom is -0.481 e. The average Bonchev–Trinajstić information content (AvgIpc) is 3.60. The molecule has 0 aliphatic carbocycles. The summed E-state index contributed by atoms with van der Waals surface area (Å²) in [5.74, 6) is -2.68. The molecule has 4 atom stereocenters. The number of alkyl carbamates (subject to hydrolysis) is 1. The third-order valence-electron chi connectivity index (χ3n) is 6.84. The van der Waals surface area contributed by atoms with Gasteiger partial charge >= 0.3 is 12.1 Å². The lowest BCUT2D eigenvalue weighted by Crippen LogP contribution is -2.58. The van der Waals surface area contributed by atoms with Crippen molar-refractivity contribution in [1.82, 2.24) is 41.6 Å². The maximum Gasteiger partial charge on any atom is 0.408 e. The number of ether oxygens (including phenoxy) is 1. The van der Waals surface area contributed by atoms with Crippen LogP contribution in [0.4, 0.5) is 10.6 Å². The topological polar surface area (TPSA) is 221 Å². The summed E-state index contributed by atoms with van der Waals surface area (Å²) in [5.41, 5.74) is -0.152. The van der Waals surface area contributed by atoms with Crippen LogP contribution in [-0.2, 0) is 36.9 Å². The Balaban J connectivity index is 1.87. The van der Waals surface area contributed by atoms with Crippen molar-refractivity contribution in [1.29, 1.82) is 0 Å². The van der Waals surface area contributed by atoms with Gasteiger partial charge in [0.15, 0.2) is 5.82 Å². The number of pyridine rings is 1. The van der Waals surface area contributed by atoms with Crippen LogP contribution in [0.25, 0.3) is 0 Å². The number of anilines is 1. The number of carboxylic acid groups (broad SMARTS) is 1. The fraction of sp³-hybridized carbons (Fsp3) is 0.593. The minimum atomic E-state index is -1.22. The van der Waals surface area contributed by atoms with Crippen LogP contribution in [0.5, 0.6) is 0 Å². The van der Waals surface area contributed by atoms with Gasteiger partial charge in [-0.2, -0.15) is 5.21 Å². The number of aliphatic carboxylic acids is 1. The lowest BCUT2D eigenvalue weighted by Gasteiger charge is -2.31. The molecule has 0 fully saturated rings. The standard InChI is InChI=1S/C27H39N9O7/c1-6-15(2)21(31-26(42)43-27(3,4)5)24(40)30-17(10-7-11-20(37)38)25(41)36-18(13-16-9-8-12-28-22(16)36)23(39)29-14-19-32-34-35-33-19/h8-9,12,15,17-18,21H,6-7,10-11,13-14H2,1-5H3,(H,29,39)(H,30,40)(H,31,42)(H,37,38)(H,32,33,34,35)/t15-,17-,18-,21-/m0/s1. The lowest BCUT2D eigenvalue weighted by atomic mass is 9.97. The van der Waals surface area contributed by atoms with Crippen molar-refractivity contribution in [2.45, 2.75) is 97.0 Å². The van der Waals surface area contributed by atoms with E-state index in [1.54, 1.807) is 39.8 Å². The van der Waals surface area contributed by atoms with E-state index in [4.69, 9.17) is 4.74 Å². The molecule has 0 spiro atoms. The van der Waals surface area contributed by atoms with Gasteiger partial charge in [0.2, 0.25) is 11.8 Å². The Hall–Kier alpha value is -4.63. The van der Waals surface area contributed by atoms with Crippen LogP contribution in [-0.4, -0.2) is 84.2 Å². The third kappa shape index (κ3) is 9.18. The Labute approximate surface area is 248 Å². The second-order valence-corrected chi connectivity index (χ2v) is 11.3. The largest absolute Gasteiger partial charge is 0.481 e. The summed E-state index contributed by atoms with van der Waals surface area (Å²) in [4.78, 5) is 70.4. The molecule has 16 heteroatoms. The number of carbonyl (C=O) groups is 5. The Bertz CT molecular complexity index is 1300. The first-order valence-electron chi connectivity index (χ1n) is 14.1. The molecular formula is C27H39N9O7. The molecule has 0 saturated heterocycles. The molecule has 0 radical (unpaired) electrons. The zero-order valence-corrected chi connectivity index (χ0v) is 24.9. The van der Waals surface area contributed by atoms with E-state index in [0.717, 1.165) is 0 Å². The summed E-state index contributed by atoms with van der Waals surface area (Å²) in [6, 6.07) is 0.156. The molecule has 0 aromatic carbocycles. The molecule has 43 heavy (non-hydrogen) atoms. The first kappa shape index (κ1) is 32.9. The van der Waals surface area contributed by atoms with E-state index in [9.17, 15) is 29.1 Å². The smallest absolute Gasteiger partial charge is 0.408 e. The van der Waals surface area contributed by atoms with Crippen LogP contribution in [0.2, 0.25) is 0 Å². The number of rotatable bonds is 13. The Morgan fingerprint density at radius 2 is 1.95 bits per heavy atom. The number of nitrogens with zero attached hydrogens (tertiary/aromatic N) is 5. The zero-order chi connectivity index (χ0) is 31.7. The highest BCUT2D eigenvalue weighted by atomic mass is 16.6. The molecular weight excluding hydrogens is 562 g/mol. The van der Waals surface area contributed by atoms with Crippen molar-refractivity contribution in [2.75, 3.05) is 4.90 Å². The molecule has 0 unspecified atom stereocenters. The molecule has 2 aromatic rings. The predicted octanol–water partition coefficient (Wildman–Crippen LogP) is 0.848. The fourth-order valence-corrected chi connectivity index (χ4v) is 4.54. The summed E-state index contributed by atoms with van der Waals surface area (Å²) in [6.07, 6.45) is 1.17. The highest BCUT2D eigenvalue weighted by Crippen LogP contribution is 2.31. The van der Waals surface area contributed by atoms with E-state index in [1.807, 2.05) is 6.92 Å². The number of tetrazole rings is 1. The molecule has 16 nitrogen and oxygen atoms in total. The Morgan fingerprint density at radius 1 is 1.21 bits per heavy atom. The number of nitrogens with one attached hydrogen (secondary N) is 4. The molecule has 234 valence electrons. The number of aromatic nitrogens is 5. The van der Waals surface area contributed by atoms with Crippen molar-refractivity contribution in [3.05, 3.63) is 29.7 Å². The van der Waals surface area contributed by atoms with Crippen molar-refractivity contribution in [2.24, 2.45) is 5.92 Å². The second kappa shape index (κ2) is 14.5. The van der Waals surface area contributed by atoms with Crippen LogP contribution in [0, 0.1) is 5.92 Å². The highest BCUT2D eigenvalue weighted by molar-refractivity contribution is 6.06. The zero-order valence-electron chi connectivity index (χ0n) is 24.9. The Morgan fingerprint density at radius 3 is 2.58 bits per heavy atom. The molecule has 2 aromatic heterocycles. The second-order valence-electron chi connectivity index (χ2n) is 11.3. The lowest BCUT2D eigenvalue weighted by molar-refractivity contribution is -0.137. The molecule has 3 rings (SSSR count). The summed E-state index contributed by atoms with van der Waals surface area (Å²) in [7, 11) is 0. The van der Waals surface area contributed by atoms with E-state index in [-0.39, 0.29) is 49.8 Å².